The molecule has 0 spiro atoms. The lowest BCUT2D eigenvalue weighted by atomic mass is 9.87. The molecule has 0 amide bonds. The number of rotatable bonds is 1. The molecule has 1 heteroatoms. The van der Waals surface area contributed by atoms with Gasteiger partial charge in [-0.05, 0) is 51.3 Å². The van der Waals surface area contributed by atoms with E-state index >= 15 is 0 Å². The summed E-state index contributed by atoms with van der Waals surface area (Å²) in [5, 5.41) is 3.61. The first-order chi connectivity index (χ1) is 6.62. The van der Waals surface area contributed by atoms with Gasteiger partial charge in [-0.15, -0.1) is 0 Å². The number of nitrogens with one attached hydrogen (secondary N) is 1. The van der Waals surface area contributed by atoms with Crippen molar-refractivity contribution in [1.29, 1.82) is 0 Å². The van der Waals surface area contributed by atoms with E-state index in [2.05, 4.69) is 44.3 Å². The van der Waals surface area contributed by atoms with Gasteiger partial charge in [0.25, 0.3) is 0 Å². The van der Waals surface area contributed by atoms with Crippen LogP contribution in [0.1, 0.15) is 36.5 Å². The van der Waals surface area contributed by atoms with Crippen LogP contribution in [-0.4, -0.2) is 6.54 Å². The van der Waals surface area contributed by atoms with E-state index in [1.54, 1.807) is 0 Å². The van der Waals surface area contributed by atoms with Crippen LogP contribution in [0.15, 0.2) is 18.2 Å². The van der Waals surface area contributed by atoms with Gasteiger partial charge in [0.2, 0.25) is 0 Å². The van der Waals surface area contributed by atoms with Crippen LogP contribution in [0.3, 0.4) is 0 Å². The minimum atomic E-state index is 0.220. The third-order valence-electron chi connectivity index (χ3n) is 3.35. The monoisotopic (exact) mass is 189 g/mol. The standard InChI is InChI=1S/C13H19N/c1-10-5-6-12(11(2)9-10)13(3)7-4-8-14-13/h5-6,9,14H,4,7-8H2,1-3H3. The van der Waals surface area contributed by atoms with E-state index < -0.39 is 0 Å². The Labute approximate surface area is 86.5 Å². The molecular formula is C13H19N. The fraction of sp³-hybridized carbons (Fsp3) is 0.538. The second kappa shape index (κ2) is 3.39. The molecule has 1 atom stereocenters. The molecule has 1 N–H and O–H groups in total. The molecule has 1 nitrogen and oxygen atoms in total. The lowest BCUT2D eigenvalue weighted by molar-refractivity contribution is 0.432. The Morgan fingerprint density at radius 1 is 1.29 bits per heavy atom. The van der Waals surface area contributed by atoms with E-state index in [0.29, 0.717) is 0 Å². The zero-order chi connectivity index (χ0) is 10.2. The van der Waals surface area contributed by atoms with Gasteiger partial charge in [-0.1, -0.05) is 23.8 Å². The SMILES string of the molecule is Cc1ccc(C2(C)CCCN2)c(C)c1. The first-order valence-electron chi connectivity index (χ1n) is 5.45. The molecule has 0 aliphatic carbocycles. The summed E-state index contributed by atoms with van der Waals surface area (Å²) in [4.78, 5) is 0. The maximum atomic E-state index is 3.61. The topological polar surface area (TPSA) is 12.0 Å². The van der Waals surface area contributed by atoms with Crippen LogP contribution in [0.25, 0.3) is 0 Å². The summed E-state index contributed by atoms with van der Waals surface area (Å²) in [5.41, 5.74) is 4.47. The average Bonchev–Trinajstić information content (AvgIpc) is 2.52. The van der Waals surface area contributed by atoms with Crippen molar-refractivity contribution < 1.29 is 0 Å². The van der Waals surface area contributed by atoms with Crippen LogP contribution >= 0.6 is 0 Å². The molecular weight excluding hydrogens is 170 g/mol. The summed E-state index contributed by atoms with van der Waals surface area (Å²) in [6, 6.07) is 6.77. The second-order valence-corrected chi connectivity index (χ2v) is 4.68. The summed E-state index contributed by atoms with van der Waals surface area (Å²) in [6.07, 6.45) is 2.56. The summed E-state index contributed by atoms with van der Waals surface area (Å²) < 4.78 is 0. The van der Waals surface area contributed by atoms with Crippen molar-refractivity contribution >= 4 is 0 Å². The number of aryl methyl sites for hydroxylation is 2. The van der Waals surface area contributed by atoms with Gasteiger partial charge in [-0.3, -0.25) is 0 Å². The lowest BCUT2D eigenvalue weighted by Crippen LogP contribution is -2.33. The second-order valence-electron chi connectivity index (χ2n) is 4.68. The molecule has 1 heterocycles. The van der Waals surface area contributed by atoms with Gasteiger partial charge in [0.15, 0.2) is 0 Å². The van der Waals surface area contributed by atoms with E-state index in [9.17, 15) is 0 Å². The van der Waals surface area contributed by atoms with Crippen LogP contribution < -0.4 is 5.32 Å². The Morgan fingerprint density at radius 2 is 2.07 bits per heavy atom. The fourth-order valence-corrected chi connectivity index (χ4v) is 2.56. The highest BCUT2D eigenvalue weighted by atomic mass is 15.0. The Kier molecular flexibility index (Phi) is 2.36. The Morgan fingerprint density at radius 3 is 2.64 bits per heavy atom. The van der Waals surface area contributed by atoms with Gasteiger partial charge < -0.3 is 5.32 Å². The van der Waals surface area contributed by atoms with Crippen molar-refractivity contribution in [2.45, 2.75) is 39.2 Å². The fourth-order valence-electron chi connectivity index (χ4n) is 2.56. The maximum Gasteiger partial charge on any atom is 0.0409 e. The molecule has 2 rings (SSSR count). The normalized spacial score (nSPS) is 26.8. The first kappa shape index (κ1) is 9.72. The third kappa shape index (κ3) is 1.57. The minimum absolute atomic E-state index is 0.220. The molecule has 1 saturated heterocycles. The van der Waals surface area contributed by atoms with Gasteiger partial charge in [0, 0.05) is 5.54 Å². The van der Waals surface area contributed by atoms with Gasteiger partial charge in [0.1, 0.15) is 0 Å². The van der Waals surface area contributed by atoms with E-state index in [0.717, 1.165) is 6.54 Å². The summed E-state index contributed by atoms with van der Waals surface area (Å²) in [6.45, 7) is 7.84. The van der Waals surface area contributed by atoms with Crippen molar-refractivity contribution in [1.82, 2.24) is 5.32 Å². The summed E-state index contributed by atoms with van der Waals surface area (Å²) in [5.74, 6) is 0. The molecule has 0 radical (unpaired) electrons. The quantitative estimate of drug-likeness (QED) is 0.716. The van der Waals surface area contributed by atoms with Gasteiger partial charge in [-0.25, -0.2) is 0 Å². The van der Waals surface area contributed by atoms with Crippen molar-refractivity contribution in [2.75, 3.05) is 6.54 Å². The number of benzene rings is 1. The predicted octanol–water partition coefficient (Wildman–Crippen LogP) is 2.90. The summed E-state index contributed by atoms with van der Waals surface area (Å²) >= 11 is 0. The smallest absolute Gasteiger partial charge is 0.0409 e. The molecule has 0 bridgehead atoms. The zero-order valence-corrected chi connectivity index (χ0v) is 9.35. The molecule has 0 aromatic heterocycles. The van der Waals surface area contributed by atoms with Crippen LogP contribution in [0.4, 0.5) is 0 Å². The predicted molar refractivity (Wildman–Crippen MR) is 60.5 cm³/mol. The van der Waals surface area contributed by atoms with Crippen LogP contribution in [0.5, 0.6) is 0 Å². The van der Waals surface area contributed by atoms with E-state index in [1.165, 1.54) is 29.5 Å². The van der Waals surface area contributed by atoms with Gasteiger partial charge in [0.05, 0.1) is 0 Å². The van der Waals surface area contributed by atoms with Gasteiger partial charge >= 0.3 is 0 Å². The third-order valence-corrected chi connectivity index (χ3v) is 3.35. The largest absolute Gasteiger partial charge is 0.308 e. The van der Waals surface area contributed by atoms with Crippen molar-refractivity contribution in [3.8, 4) is 0 Å². The molecule has 1 aromatic carbocycles. The molecule has 1 aliphatic heterocycles. The van der Waals surface area contributed by atoms with Crippen LogP contribution in [0, 0.1) is 13.8 Å². The Balaban J connectivity index is 2.40. The minimum Gasteiger partial charge on any atom is -0.308 e. The molecule has 1 fully saturated rings. The highest BCUT2D eigenvalue weighted by Gasteiger charge is 2.30. The maximum absolute atomic E-state index is 3.61. The lowest BCUT2D eigenvalue weighted by Gasteiger charge is -2.27. The molecule has 1 aromatic rings. The van der Waals surface area contributed by atoms with Crippen LogP contribution in [0.2, 0.25) is 0 Å². The van der Waals surface area contributed by atoms with Gasteiger partial charge in [-0.2, -0.15) is 0 Å². The number of hydrogen-bond acceptors (Lipinski definition) is 1. The summed E-state index contributed by atoms with van der Waals surface area (Å²) in [7, 11) is 0. The van der Waals surface area contributed by atoms with Crippen molar-refractivity contribution in [2.24, 2.45) is 0 Å². The van der Waals surface area contributed by atoms with E-state index in [1.807, 2.05) is 0 Å². The van der Waals surface area contributed by atoms with Crippen molar-refractivity contribution in [3.05, 3.63) is 34.9 Å². The number of hydrogen-bond donors (Lipinski definition) is 1. The van der Waals surface area contributed by atoms with Crippen LogP contribution in [-0.2, 0) is 5.54 Å². The van der Waals surface area contributed by atoms with E-state index in [4.69, 9.17) is 0 Å². The Bertz CT molecular complexity index is 335. The highest BCUT2D eigenvalue weighted by Crippen LogP contribution is 2.32. The first-order valence-corrected chi connectivity index (χ1v) is 5.45. The average molecular weight is 189 g/mol. The van der Waals surface area contributed by atoms with Crippen molar-refractivity contribution in [3.63, 3.8) is 0 Å². The molecule has 76 valence electrons. The Hall–Kier alpha value is -0.820. The molecule has 14 heavy (non-hydrogen) atoms. The molecule has 1 unspecified atom stereocenters. The van der Waals surface area contributed by atoms with E-state index in [-0.39, 0.29) is 5.54 Å². The molecule has 1 aliphatic rings. The zero-order valence-electron chi connectivity index (χ0n) is 9.35. The molecule has 0 saturated carbocycles. The highest BCUT2D eigenvalue weighted by molar-refractivity contribution is 5.36.